The van der Waals surface area contributed by atoms with Crippen LogP contribution in [0.3, 0.4) is 0 Å². The summed E-state index contributed by atoms with van der Waals surface area (Å²) < 4.78 is 5.27. The summed E-state index contributed by atoms with van der Waals surface area (Å²) in [7, 11) is 1.61. The molecule has 2 N–H and O–H groups in total. The first-order chi connectivity index (χ1) is 9.10. The maximum atomic E-state index is 11.6. The molecule has 19 heavy (non-hydrogen) atoms. The minimum absolute atomic E-state index is 0.107. The molecule has 2 rings (SSSR count). The van der Waals surface area contributed by atoms with E-state index >= 15 is 0 Å². The summed E-state index contributed by atoms with van der Waals surface area (Å²) in [6.45, 7) is 2.50. The molecule has 0 bridgehead atoms. The number of hydrogen-bond acceptors (Lipinski definition) is 3. The van der Waals surface area contributed by atoms with E-state index in [9.17, 15) is 4.79 Å². The lowest BCUT2D eigenvalue weighted by molar-refractivity contribution is 0.0963. The van der Waals surface area contributed by atoms with Crippen molar-refractivity contribution in [1.82, 2.24) is 5.32 Å². The molecule has 0 fully saturated rings. The van der Waals surface area contributed by atoms with Gasteiger partial charge in [0.1, 0.15) is 5.76 Å². The second-order valence-corrected chi connectivity index (χ2v) is 4.54. The van der Waals surface area contributed by atoms with E-state index < -0.39 is 0 Å². The van der Waals surface area contributed by atoms with Gasteiger partial charge in [0.15, 0.2) is 5.22 Å². The molecular weight excluding hydrogens is 264 g/mol. The molecule has 1 aromatic heterocycles. The van der Waals surface area contributed by atoms with E-state index in [1.54, 1.807) is 19.2 Å². The molecule has 5 heteroatoms. The number of amides is 1. The van der Waals surface area contributed by atoms with E-state index in [1.165, 1.54) is 0 Å². The lowest BCUT2D eigenvalue weighted by Crippen LogP contribution is -2.18. The Balaban J connectivity index is 2.12. The Hall–Kier alpha value is -1.94. The number of aryl methyl sites for hydroxylation is 1. The topological polar surface area (TPSA) is 54.3 Å². The Morgan fingerprint density at radius 1 is 1.32 bits per heavy atom. The summed E-state index contributed by atoms with van der Waals surface area (Å²) in [5, 5.41) is 6.20. The summed E-state index contributed by atoms with van der Waals surface area (Å²) in [6, 6.07) is 9.03. The number of hydrogen-bond donors (Lipinski definition) is 2. The van der Waals surface area contributed by atoms with Gasteiger partial charge < -0.3 is 15.1 Å². The first-order valence-electron chi connectivity index (χ1n) is 5.91. The van der Waals surface area contributed by atoms with Gasteiger partial charge in [0, 0.05) is 18.3 Å². The first-order valence-corrected chi connectivity index (χ1v) is 6.29. The molecule has 1 amide bonds. The highest BCUT2D eigenvalue weighted by Crippen LogP contribution is 2.19. The molecule has 0 spiro atoms. The second kappa shape index (κ2) is 5.80. The number of nitrogens with one attached hydrogen (secondary N) is 2. The molecule has 1 heterocycles. The Kier molecular flexibility index (Phi) is 4.12. The van der Waals surface area contributed by atoms with Crippen LogP contribution in [-0.4, -0.2) is 13.0 Å². The van der Waals surface area contributed by atoms with Crippen molar-refractivity contribution in [2.75, 3.05) is 12.4 Å². The van der Waals surface area contributed by atoms with Gasteiger partial charge in [-0.05, 0) is 48.4 Å². The largest absolute Gasteiger partial charge is 0.448 e. The normalized spacial score (nSPS) is 10.3. The average molecular weight is 279 g/mol. The SMILES string of the molecule is CNC(=O)c1ccc(C)c(NCc2ccc(Cl)o2)c1. The van der Waals surface area contributed by atoms with Crippen LogP contribution in [0.15, 0.2) is 34.7 Å². The number of halogens is 1. The van der Waals surface area contributed by atoms with Crippen molar-refractivity contribution in [2.24, 2.45) is 0 Å². The molecule has 0 saturated heterocycles. The Labute approximate surface area is 116 Å². The standard InChI is InChI=1S/C14H15ClN2O2/c1-9-3-4-10(14(18)16-2)7-12(9)17-8-11-5-6-13(15)19-11/h3-7,17H,8H2,1-2H3,(H,16,18). The molecule has 0 aliphatic rings. The van der Waals surface area contributed by atoms with Gasteiger partial charge in [-0.1, -0.05) is 6.07 Å². The van der Waals surface area contributed by atoms with Crippen LogP contribution in [0.2, 0.25) is 5.22 Å². The summed E-state index contributed by atoms with van der Waals surface area (Å²) >= 11 is 5.71. The van der Waals surface area contributed by atoms with Gasteiger partial charge in [0.25, 0.3) is 5.91 Å². The third-order valence-corrected chi connectivity index (χ3v) is 3.01. The van der Waals surface area contributed by atoms with Gasteiger partial charge in [-0.3, -0.25) is 4.79 Å². The zero-order valence-electron chi connectivity index (χ0n) is 10.8. The molecule has 100 valence electrons. The molecule has 0 unspecified atom stereocenters. The molecule has 0 radical (unpaired) electrons. The van der Waals surface area contributed by atoms with E-state index in [4.69, 9.17) is 16.0 Å². The number of rotatable bonds is 4. The van der Waals surface area contributed by atoms with Crippen molar-refractivity contribution in [3.8, 4) is 0 Å². The van der Waals surface area contributed by atoms with Crippen molar-refractivity contribution in [3.63, 3.8) is 0 Å². The van der Waals surface area contributed by atoms with Crippen molar-refractivity contribution >= 4 is 23.2 Å². The highest BCUT2D eigenvalue weighted by atomic mass is 35.5. The van der Waals surface area contributed by atoms with E-state index in [2.05, 4.69) is 10.6 Å². The summed E-state index contributed by atoms with van der Waals surface area (Å²) in [6.07, 6.45) is 0. The van der Waals surface area contributed by atoms with Crippen LogP contribution < -0.4 is 10.6 Å². The summed E-state index contributed by atoms with van der Waals surface area (Å²) in [5.41, 5.74) is 2.58. The number of furan rings is 1. The minimum atomic E-state index is -0.107. The van der Waals surface area contributed by atoms with Crippen LogP contribution >= 0.6 is 11.6 Å². The van der Waals surface area contributed by atoms with Crippen molar-refractivity contribution in [2.45, 2.75) is 13.5 Å². The van der Waals surface area contributed by atoms with Crippen LogP contribution in [0.5, 0.6) is 0 Å². The number of anilines is 1. The highest BCUT2D eigenvalue weighted by molar-refractivity contribution is 6.28. The smallest absolute Gasteiger partial charge is 0.251 e. The minimum Gasteiger partial charge on any atom is -0.448 e. The fourth-order valence-corrected chi connectivity index (χ4v) is 1.89. The molecule has 0 saturated carbocycles. The molecular formula is C14H15ClN2O2. The average Bonchev–Trinajstić information content (AvgIpc) is 2.82. The number of benzene rings is 1. The van der Waals surface area contributed by atoms with Crippen molar-refractivity contribution < 1.29 is 9.21 Å². The molecule has 0 atom stereocenters. The fourth-order valence-electron chi connectivity index (χ4n) is 1.73. The van der Waals surface area contributed by atoms with Crippen LogP contribution in [0.25, 0.3) is 0 Å². The monoisotopic (exact) mass is 278 g/mol. The molecule has 1 aromatic carbocycles. The van der Waals surface area contributed by atoms with Crippen LogP contribution in [-0.2, 0) is 6.54 Å². The Bertz CT molecular complexity index is 593. The quantitative estimate of drug-likeness (QED) is 0.903. The zero-order chi connectivity index (χ0) is 13.8. The third-order valence-electron chi connectivity index (χ3n) is 2.81. The Morgan fingerprint density at radius 2 is 2.11 bits per heavy atom. The van der Waals surface area contributed by atoms with E-state index in [0.29, 0.717) is 17.3 Å². The van der Waals surface area contributed by atoms with Gasteiger partial charge in [0.05, 0.1) is 6.54 Å². The predicted octanol–water partition coefficient (Wildman–Crippen LogP) is 3.21. The third kappa shape index (κ3) is 3.29. The molecule has 0 aliphatic heterocycles. The fraction of sp³-hybridized carbons (Fsp3) is 0.214. The van der Waals surface area contributed by atoms with Crippen molar-refractivity contribution in [3.05, 3.63) is 52.4 Å². The van der Waals surface area contributed by atoms with Crippen LogP contribution in [0.1, 0.15) is 21.7 Å². The summed E-state index contributed by atoms with van der Waals surface area (Å²) in [5.74, 6) is 0.638. The summed E-state index contributed by atoms with van der Waals surface area (Å²) in [4.78, 5) is 11.6. The molecule has 0 aliphatic carbocycles. The molecule has 4 nitrogen and oxygen atoms in total. The maximum Gasteiger partial charge on any atom is 0.251 e. The van der Waals surface area contributed by atoms with Gasteiger partial charge in [-0.2, -0.15) is 0 Å². The van der Waals surface area contributed by atoms with Crippen LogP contribution in [0.4, 0.5) is 5.69 Å². The van der Waals surface area contributed by atoms with Gasteiger partial charge in [-0.25, -0.2) is 0 Å². The number of carbonyl (C=O) groups excluding carboxylic acids is 1. The lowest BCUT2D eigenvalue weighted by Gasteiger charge is -2.10. The maximum absolute atomic E-state index is 11.6. The van der Waals surface area contributed by atoms with Gasteiger partial charge >= 0.3 is 0 Å². The molecule has 2 aromatic rings. The van der Waals surface area contributed by atoms with Gasteiger partial charge in [-0.15, -0.1) is 0 Å². The number of carbonyl (C=O) groups is 1. The van der Waals surface area contributed by atoms with E-state index in [0.717, 1.165) is 17.0 Å². The predicted molar refractivity (Wildman–Crippen MR) is 75.6 cm³/mol. The van der Waals surface area contributed by atoms with Gasteiger partial charge in [0.2, 0.25) is 0 Å². The lowest BCUT2D eigenvalue weighted by atomic mass is 10.1. The first kappa shape index (κ1) is 13.5. The second-order valence-electron chi connectivity index (χ2n) is 4.17. The van der Waals surface area contributed by atoms with E-state index in [-0.39, 0.29) is 5.91 Å². The Morgan fingerprint density at radius 3 is 2.74 bits per heavy atom. The highest BCUT2D eigenvalue weighted by Gasteiger charge is 2.07. The van der Waals surface area contributed by atoms with E-state index in [1.807, 2.05) is 25.1 Å². The zero-order valence-corrected chi connectivity index (χ0v) is 11.5. The van der Waals surface area contributed by atoms with Crippen LogP contribution in [0, 0.1) is 6.92 Å². The van der Waals surface area contributed by atoms with Crippen molar-refractivity contribution in [1.29, 1.82) is 0 Å².